The molecule has 0 aromatic heterocycles. The van der Waals surface area contributed by atoms with Crippen LogP contribution in [0.4, 0.5) is 0 Å². The molecule has 0 saturated carbocycles. The third-order valence-corrected chi connectivity index (χ3v) is 2.75. The van der Waals surface area contributed by atoms with Crippen LogP contribution in [0.15, 0.2) is 18.2 Å². The summed E-state index contributed by atoms with van der Waals surface area (Å²) >= 11 is 0. The van der Waals surface area contributed by atoms with Gasteiger partial charge in [0.2, 0.25) is 0 Å². The first kappa shape index (κ1) is 9.49. The number of benzene rings is 1. The maximum Gasteiger partial charge on any atom is 0.125 e. The highest BCUT2D eigenvalue weighted by Crippen LogP contribution is 2.36. The Morgan fingerprint density at radius 1 is 1.57 bits per heavy atom. The first-order valence-electron chi connectivity index (χ1n) is 4.82. The van der Waals surface area contributed by atoms with Gasteiger partial charge in [0.1, 0.15) is 11.4 Å². The average Bonchev–Trinajstić information content (AvgIpc) is 2.20. The number of fused-ring (bicyclic) bond motifs is 1. The molecule has 1 atom stereocenters. The van der Waals surface area contributed by atoms with Crippen LogP contribution in [0.5, 0.6) is 5.75 Å². The van der Waals surface area contributed by atoms with Gasteiger partial charge in [0.05, 0.1) is 6.61 Å². The maximum atomic E-state index is 10.3. The maximum absolute atomic E-state index is 10.3. The van der Waals surface area contributed by atoms with Crippen molar-refractivity contribution in [3.63, 3.8) is 0 Å². The van der Waals surface area contributed by atoms with Crippen molar-refractivity contribution in [2.45, 2.75) is 18.9 Å². The summed E-state index contributed by atoms with van der Waals surface area (Å²) in [5.41, 5.74) is 6.63. The molecule has 0 aliphatic carbocycles. The van der Waals surface area contributed by atoms with Crippen molar-refractivity contribution in [1.82, 2.24) is 0 Å². The molecule has 1 aromatic rings. The lowest BCUT2D eigenvalue weighted by atomic mass is 9.87. The predicted molar refractivity (Wildman–Crippen MR) is 54.2 cm³/mol. The smallest absolute Gasteiger partial charge is 0.125 e. The van der Waals surface area contributed by atoms with E-state index in [4.69, 9.17) is 10.5 Å². The van der Waals surface area contributed by atoms with E-state index in [1.165, 1.54) is 0 Å². The van der Waals surface area contributed by atoms with Crippen LogP contribution in [0.3, 0.4) is 0 Å². The number of aryl methyl sites for hydroxylation is 1. The summed E-state index contributed by atoms with van der Waals surface area (Å²) in [6, 6.07) is 5.81. The van der Waals surface area contributed by atoms with E-state index < -0.39 is 5.60 Å². The van der Waals surface area contributed by atoms with E-state index in [9.17, 15) is 5.11 Å². The van der Waals surface area contributed by atoms with Gasteiger partial charge in [-0.2, -0.15) is 0 Å². The molecule has 0 fully saturated rings. The number of rotatable bonds is 1. The van der Waals surface area contributed by atoms with Crippen LogP contribution in [0.2, 0.25) is 0 Å². The van der Waals surface area contributed by atoms with Crippen LogP contribution in [-0.2, 0) is 5.60 Å². The van der Waals surface area contributed by atoms with Crippen LogP contribution < -0.4 is 10.5 Å². The molecule has 1 heterocycles. The molecule has 1 unspecified atom stereocenters. The zero-order valence-electron chi connectivity index (χ0n) is 8.29. The second-order valence-electron chi connectivity index (χ2n) is 3.83. The number of hydrogen-bond donors (Lipinski definition) is 2. The molecule has 0 radical (unpaired) electrons. The van der Waals surface area contributed by atoms with Gasteiger partial charge in [0.25, 0.3) is 0 Å². The average molecular weight is 193 g/mol. The van der Waals surface area contributed by atoms with E-state index in [-0.39, 0.29) is 6.54 Å². The van der Waals surface area contributed by atoms with Crippen molar-refractivity contribution in [2.24, 2.45) is 5.73 Å². The monoisotopic (exact) mass is 193 g/mol. The Labute approximate surface area is 83.5 Å². The standard InChI is InChI=1S/C11H15NO2/c1-8-2-3-10-9(6-8)11(13,7-12)4-5-14-10/h2-3,6,13H,4-5,7,12H2,1H3. The van der Waals surface area contributed by atoms with Crippen molar-refractivity contribution < 1.29 is 9.84 Å². The van der Waals surface area contributed by atoms with Gasteiger partial charge in [0, 0.05) is 18.5 Å². The van der Waals surface area contributed by atoms with Crippen LogP contribution in [-0.4, -0.2) is 18.3 Å². The zero-order chi connectivity index (χ0) is 10.2. The Morgan fingerprint density at radius 3 is 3.07 bits per heavy atom. The van der Waals surface area contributed by atoms with E-state index in [1.54, 1.807) is 0 Å². The molecule has 3 heteroatoms. The van der Waals surface area contributed by atoms with E-state index in [2.05, 4.69) is 0 Å². The normalized spacial score (nSPS) is 25.4. The summed E-state index contributed by atoms with van der Waals surface area (Å²) in [6.07, 6.45) is 0.569. The first-order chi connectivity index (χ1) is 6.65. The number of hydrogen-bond acceptors (Lipinski definition) is 3. The molecular formula is C11H15NO2. The van der Waals surface area contributed by atoms with Crippen LogP contribution in [0.1, 0.15) is 17.5 Å². The summed E-state index contributed by atoms with van der Waals surface area (Å²) in [5, 5.41) is 10.3. The molecule has 2 rings (SSSR count). The Bertz CT molecular complexity index is 351. The quantitative estimate of drug-likeness (QED) is 0.697. The molecule has 14 heavy (non-hydrogen) atoms. The minimum Gasteiger partial charge on any atom is -0.493 e. The fourth-order valence-corrected chi connectivity index (χ4v) is 1.81. The minimum atomic E-state index is -0.903. The van der Waals surface area contributed by atoms with Gasteiger partial charge >= 0.3 is 0 Å². The lowest BCUT2D eigenvalue weighted by Gasteiger charge is -2.33. The molecule has 1 aliphatic rings. The van der Waals surface area contributed by atoms with Gasteiger partial charge in [-0.05, 0) is 19.1 Å². The largest absolute Gasteiger partial charge is 0.493 e. The van der Waals surface area contributed by atoms with Crippen molar-refractivity contribution in [1.29, 1.82) is 0 Å². The van der Waals surface area contributed by atoms with E-state index >= 15 is 0 Å². The molecule has 0 bridgehead atoms. The highest BCUT2D eigenvalue weighted by atomic mass is 16.5. The molecule has 3 nitrogen and oxygen atoms in total. The van der Waals surface area contributed by atoms with E-state index in [0.29, 0.717) is 13.0 Å². The second kappa shape index (κ2) is 3.26. The first-order valence-corrected chi connectivity index (χ1v) is 4.82. The Hall–Kier alpha value is -1.06. The minimum absolute atomic E-state index is 0.243. The van der Waals surface area contributed by atoms with Crippen molar-refractivity contribution in [3.05, 3.63) is 29.3 Å². The highest BCUT2D eigenvalue weighted by Gasteiger charge is 2.34. The molecular weight excluding hydrogens is 178 g/mol. The third kappa shape index (κ3) is 1.38. The molecule has 1 aromatic carbocycles. The Morgan fingerprint density at radius 2 is 2.36 bits per heavy atom. The summed E-state index contributed by atoms with van der Waals surface area (Å²) in [4.78, 5) is 0. The Balaban J connectivity index is 2.52. The van der Waals surface area contributed by atoms with Crippen molar-refractivity contribution >= 4 is 0 Å². The lowest BCUT2D eigenvalue weighted by molar-refractivity contribution is 0.00529. The highest BCUT2D eigenvalue weighted by molar-refractivity contribution is 5.42. The van der Waals surface area contributed by atoms with Crippen LogP contribution in [0, 0.1) is 6.92 Å². The van der Waals surface area contributed by atoms with Gasteiger partial charge in [-0.15, -0.1) is 0 Å². The zero-order valence-corrected chi connectivity index (χ0v) is 8.29. The summed E-state index contributed by atoms with van der Waals surface area (Å²) in [7, 11) is 0. The predicted octanol–water partition coefficient (Wildman–Crippen LogP) is 0.924. The van der Waals surface area contributed by atoms with Gasteiger partial charge in [0.15, 0.2) is 0 Å². The molecule has 0 saturated heterocycles. The lowest BCUT2D eigenvalue weighted by Crippen LogP contribution is -2.39. The Kier molecular flexibility index (Phi) is 2.21. The molecule has 3 N–H and O–H groups in total. The number of ether oxygens (including phenoxy) is 1. The van der Waals surface area contributed by atoms with Crippen LogP contribution in [0.25, 0.3) is 0 Å². The van der Waals surface area contributed by atoms with Crippen molar-refractivity contribution in [2.75, 3.05) is 13.2 Å². The van der Waals surface area contributed by atoms with Gasteiger partial charge in [-0.1, -0.05) is 11.6 Å². The fourth-order valence-electron chi connectivity index (χ4n) is 1.81. The second-order valence-corrected chi connectivity index (χ2v) is 3.83. The van der Waals surface area contributed by atoms with E-state index in [1.807, 2.05) is 25.1 Å². The van der Waals surface area contributed by atoms with Gasteiger partial charge < -0.3 is 15.6 Å². The third-order valence-electron chi connectivity index (χ3n) is 2.75. The van der Waals surface area contributed by atoms with Crippen molar-refractivity contribution in [3.8, 4) is 5.75 Å². The summed E-state index contributed by atoms with van der Waals surface area (Å²) in [5.74, 6) is 0.759. The summed E-state index contributed by atoms with van der Waals surface area (Å²) < 4.78 is 5.46. The topological polar surface area (TPSA) is 55.5 Å². The van der Waals surface area contributed by atoms with Crippen LogP contribution >= 0.6 is 0 Å². The number of nitrogens with two attached hydrogens (primary N) is 1. The van der Waals surface area contributed by atoms with Gasteiger partial charge in [-0.3, -0.25) is 0 Å². The molecule has 1 aliphatic heterocycles. The molecule has 76 valence electrons. The SMILES string of the molecule is Cc1ccc2c(c1)C(O)(CN)CCO2. The molecule has 0 amide bonds. The summed E-state index contributed by atoms with van der Waals surface area (Å²) in [6.45, 7) is 2.77. The molecule has 0 spiro atoms. The number of aliphatic hydroxyl groups is 1. The van der Waals surface area contributed by atoms with Gasteiger partial charge in [-0.25, -0.2) is 0 Å². The fraction of sp³-hybridized carbons (Fsp3) is 0.455. The van der Waals surface area contributed by atoms with E-state index in [0.717, 1.165) is 16.9 Å².